The zero-order valence-corrected chi connectivity index (χ0v) is 18.5. The van der Waals surface area contributed by atoms with E-state index in [9.17, 15) is 9.59 Å². The minimum atomic E-state index is -0.301. The van der Waals surface area contributed by atoms with Gasteiger partial charge in [-0.3, -0.25) is 13.9 Å². The first-order valence-electron chi connectivity index (χ1n) is 9.53. The van der Waals surface area contributed by atoms with Gasteiger partial charge in [-0.15, -0.1) is 0 Å². The van der Waals surface area contributed by atoms with Crippen molar-refractivity contribution in [3.05, 3.63) is 82.2 Å². The summed E-state index contributed by atoms with van der Waals surface area (Å²) in [6, 6.07) is 20.4. The molecule has 31 heavy (non-hydrogen) atoms. The summed E-state index contributed by atoms with van der Waals surface area (Å²) in [6.07, 6.45) is 0. The minimum Gasteiger partial charge on any atom is -0.484 e. The zero-order chi connectivity index (χ0) is 22.0. The first-order chi connectivity index (χ1) is 14.9. The van der Waals surface area contributed by atoms with E-state index < -0.39 is 0 Å². The van der Waals surface area contributed by atoms with E-state index in [-0.39, 0.29) is 18.2 Å². The van der Waals surface area contributed by atoms with Gasteiger partial charge in [-0.05, 0) is 48.5 Å². The van der Waals surface area contributed by atoms with E-state index in [0.29, 0.717) is 16.5 Å². The van der Waals surface area contributed by atoms with Crippen LogP contribution in [0, 0.1) is 0 Å². The number of rotatable bonds is 6. The van der Waals surface area contributed by atoms with E-state index in [1.165, 1.54) is 11.8 Å². The molecule has 4 rings (SSSR count). The second-order valence-corrected chi connectivity index (χ2v) is 8.50. The number of hydrogen-bond acceptors (Lipinski definition) is 4. The Bertz CT molecular complexity index is 1300. The Morgan fingerprint density at radius 3 is 2.32 bits per heavy atom. The summed E-state index contributed by atoms with van der Waals surface area (Å²) in [5.74, 6) is 0.254. The predicted octanol–water partition coefficient (Wildman–Crippen LogP) is 4.70. The number of hydrogen-bond donors (Lipinski definition) is 1. The van der Waals surface area contributed by atoms with Crippen LogP contribution >= 0.6 is 23.4 Å². The van der Waals surface area contributed by atoms with Crippen LogP contribution in [0.2, 0.25) is 5.02 Å². The Morgan fingerprint density at radius 2 is 1.65 bits per heavy atom. The number of aromatic nitrogens is 2. The van der Waals surface area contributed by atoms with Gasteiger partial charge in [0.25, 0.3) is 5.91 Å². The largest absolute Gasteiger partial charge is 0.484 e. The van der Waals surface area contributed by atoms with Crippen molar-refractivity contribution >= 4 is 46.0 Å². The number of benzene rings is 3. The molecule has 4 aromatic rings. The molecule has 0 bridgehead atoms. The highest BCUT2D eigenvalue weighted by Gasteiger charge is 2.15. The van der Waals surface area contributed by atoms with Gasteiger partial charge in [0, 0.05) is 28.9 Å². The van der Waals surface area contributed by atoms with Gasteiger partial charge >= 0.3 is 5.69 Å². The number of nitrogens with one attached hydrogen (secondary N) is 1. The highest BCUT2D eigenvalue weighted by molar-refractivity contribution is 7.99. The summed E-state index contributed by atoms with van der Waals surface area (Å²) in [7, 11) is 3.45. The van der Waals surface area contributed by atoms with Crippen molar-refractivity contribution in [1.29, 1.82) is 0 Å². The van der Waals surface area contributed by atoms with E-state index >= 15 is 0 Å². The summed E-state index contributed by atoms with van der Waals surface area (Å²) in [6.45, 7) is -0.150. The molecular weight excluding hydrogens is 434 g/mol. The molecule has 0 fully saturated rings. The van der Waals surface area contributed by atoms with Gasteiger partial charge in [-0.1, -0.05) is 41.6 Å². The van der Waals surface area contributed by atoms with Gasteiger partial charge < -0.3 is 10.1 Å². The Kier molecular flexibility index (Phi) is 6.06. The molecule has 0 aliphatic carbocycles. The monoisotopic (exact) mass is 453 g/mol. The Labute approximate surface area is 188 Å². The Hall–Kier alpha value is -3.16. The van der Waals surface area contributed by atoms with Crippen molar-refractivity contribution < 1.29 is 9.53 Å². The third-order valence-corrected chi connectivity index (χ3v) is 6.12. The molecule has 0 aliphatic heterocycles. The van der Waals surface area contributed by atoms with Gasteiger partial charge in [0.15, 0.2) is 6.61 Å². The average molecular weight is 454 g/mol. The summed E-state index contributed by atoms with van der Waals surface area (Å²) in [4.78, 5) is 26.8. The van der Waals surface area contributed by atoms with Crippen LogP contribution in [0.5, 0.6) is 5.75 Å². The molecular formula is C23H20ClN3O3S. The molecule has 0 atom stereocenters. The lowest BCUT2D eigenvalue weighted by Crippen LogP contribution is -2.20. The van der Waals surface area contributed by atoms with Crippen molar-refractivity contribution in [2.75, 3.05) is 11.9 Å². The van der Waals surface area contributed by atoms with E-state index in [2.05, 4.69) is 5.32 Å². The van der Waals surface area contributed by atoms with Gasteiger partial charge in [-0.25, -0.2) is 4.79 Å². The van der Waals surface area contributed by atoms with Crippen molar-refractivity contribution in [2.24, 2.45) is 14.1 Å². The van der Waals surface area contributed by atoms with Crippen LogP contribution in [0.4, 0.5) is 5.69 Å². The maximum Gasteiger partial charge on any atom is 0.328 e. The molecule has 1 N–H and O–H groups in total. The SMILES string of the molecule is Cn1c(=O)n(C)c2cc(Sc3ccccc3)c(NC(=O)COc3ccc(Cl)cc3)cc21. The van der Waals surface area contributed by atoms with Crippen molar-refractivity contribution in [1.82, 2.24) is 9.13 Å². The van der Waals surface area contributed by atoms with Crippen LogP contribution in [0.15, 0.2) is 81.3 Å². The maximum atomic E-state index is 12.6. The minimum absolute atomic E-state index is 0.125. The van der Waals surface area contributed by atoms with Crippen molar-refractivity contribution in [3.8, 4) is 5.75 Å². The normalized spacial score (nSPS) is 10.9. The first-order valence-corrected chi connectivity index (χ1v) is 10.7. The molecule has 0 saturated heterocycles. The molecule has 0 spiro atoms. The molecule has 8 heteroatoms. The number of fused-ring (bicyclic) bond motifs is 1. The van der Waals surface area contributed by atoms with Crippen LogP contribution in [0.25, 0.3) is 11.0 Å². The quantitative estimate of drug-likeness (QED) is 0.459. The molecule has 0 unspecified atom stereocenters. The molecule has 0 saturated carbocycles. The lowest BCUT2D eigenvalue weighted by molar-refractivity contribution is -0.118. The Balaban J connectivity index is 1.63. The van der Waals surface area contributed by atoms with E-state index in [1.54, 1.807) is 47.5 Å². The predicted molar refractivity (Wildman–Crippen MR) is 124 cm³/mol. The average Bonchev–Trinajstić information content (AvgIpc) is 2.98. The number of ether oxygens (including phenoxy) is 1. The fourth-order valence-electron chi connectivity index (χ4n) is 3.19. The number of halogens is 1. The number of anilines is 1. The Morgan fingerprint density at radius 1 is 1.00 bits per heavy atom. The van der Waals surface area contributed by atoms with E-state index in [0.717, 1.165) is 20.8 Å². The number of carbonyl (C=O) groups is 1. The third-order valence-electron chi connectivity index (χ3n) is 4.80. The summed E-state index contributed by atoms with van der Waals surface area (Å²) < 4.78 is 8.71. The summed E-state index contributed by atoms with van der Waals surface area (Å²) >= 11 is 7.39. The smallest absolute Gasteiger partial charge is 0.328 e. The number of imidazole rings is 1. The second-order valence-electron chi connectivity index (χ2n) is 6.94. The van der Waals surface area contributed by atoms with Crippen LogP contribution in [0.3, 0.4) is 0 Å². The molecule has 1 aromatic heterocycles. The van der Waals surface area contributed by atoms with Gasteiger partial charge in [0.2, 0.25) is 0 Å². The molecule has 0 aliphatic rings. The highest BCUT2D eigenvalue weighted by Crippen LogP contribution is 2.36. The maximum absolute atomic E-state index is 12.6. The zero-order valence-electron chi connectivity index (χ0n) is 17.0. The number of nitrogens with zero attached hydrogens (tertiary/aromatic N) is 2. The van der Waals surface area contributed by atoms with Gasteiger partial charge in [0.05, 0.1) is 16.7 Å². The van der Waals surface area contributed by atoms with E-state index in [1.807, 2.05) is 42.5 Å². The first kappa shape index (κ1) is 21.1. The molecule has 1 amide bonds. The summed E-state index contributed by atoms with van der Waals surface area (Å²) in [5, 5.41) is 3.52. The van der Waals surface area contributed by atoms with Crippen molar-refractivity contribution in [3.63, 3.8) is 0 Å². The molecule has 158 valence electrons. The summed E-state index contributed by atoms with van der Waals surface area (Å²) in [5.41, 5.74) is 2.02. The van der Waals surface area contributed by atoms with Crippen LogP contribution in [-0.4, -0.2) is 21.6 Å². The van der Waals surface area contributed by atoms with Gasteiger partial charge in [0.1, 0.15) is 5.75 Å². The number of carbonyl (C=O) groups excluding carboxylic acids is 1. The lowest BCUT2D eigenvalue weighted by atomic mass is 10.2. The fourth-order valence-corrected chi connectivity index (χ4v) is 4.25. The molecule has 6 nitrogen and oxygen atoms in total. The lowest BCUT2D eigenvalue weighted by Gasteiger charge is -2.13. The van der Waals surface area contributed by atoms with Crippen LogP contribution in [0.1, 0.15) is 0 Å². The fraction of sp³-hybridized carbons (Fsp3) is 0.130. The molecule has 3 aromatic carbocycles. The van der Waals surface area contributed by atoms with Crippen molar-refractivity contribution in [2.45, 2.75) is 9.79 Å². The number of aryl methyl sites for hydroxylation is 2. The topological polar surface area (TPSA) is 65.3 Å². The van der Waals surface area contributed by atoms with Crippen LogP contribution in [-0.2, 0) is 18.9 Å². The van der Waals surface area contributed by atoms with Gasteiger partial charge in [-0.2, -0.15) is 0 Å². The highest BCUT2D eigenvalue weighted by atomic mass is 35.5. The number of amides is 1. The standard InChI is InChI=1S/C23H20ClN3O3S/c1-26-19-12-18(25-22(28)14-30-16-10-8-15(24)9-11-16)21(13-20(19)27(2)23(26)29)31-17-6-4-3-5-7-17/h3-13H,14H2,1-2H3,(H,25,28). The molecule has 1 heterocycles. The molecule has 0 radical (unpaired) electrons. The van der Waals surface area contributed by atoms with E-state index in [4.69, 9.17) is 16.3 Å². The van der Waals surface area contributed by atoms with Crippen LogP contribution < -0.4 is 15.7 Å². The third kappa shape index (κ3) is 4.62. The second kappa shape index (κ2) is 8.91.